The van der Waals surface area contributed by atoms with Gasteiger partial charge in [0.05, 0.1) is 25.3 Å². The van der Waals surface area contributed by atoms with Gasteiger partial charge in [0.15, 0.2) is 5.96 Å². The average Bonchev–Trinajstić information content (AvgIpc) is 3.13. The lowest BCUT2D eigenvalue weighted by Gasteiger charge is -2.36. The van der Waals surface area contributed by atoms with E-state index in [1.54, 1.807) is 11.3 Å². The Hall–Kier alpha value is -1.16. The summed E-state index contributed by atoms with van der Waals surface area (Å²) in [6, 6.07) is 10.7. The van der Waals surface area contributed by atoms with Crippen molar-refractivity contribution in [3.63, 3.8) is 0 Å². The number of ether oxygens (including phenoxy) is 1. The number of nitrogens with zero attached hydrogens (tertiary/aromatic N) is 2. The molecular weight excluding hydrogens is 471 g/mol. The van der Waals surface area contributed by atoms with Crippen molar-refractivity contribution in [3.8, 4) is 0 Å². The highest BCUT2D eigenvalue weighted by molar-refractivity contribution is 14.0. The van der Waals surface area contributed by atoms with E-state index in [4.69, 9.17) is 10.5 Å². The number of thiophene rings is 1. The van der Waals surface area contributed by atoms with Gasteiger partial charge in [-0.2, -0.15) is 0 Å². The summed E-state index contributed by atoms with van der Waals surface area (Å²) in [7, 11) is 0. The third-order valence-corrected chi connectivity index (χ3v) is 5.77. The third-order valence-electron chi connectivity index (χ3n) is 4.80. The van der Waals surface area contributed by atoms with E-state index in [1.807, 2.05) is 6.07 Å². The van der Waals surface area contributed by atoms with Crippen LogP contribution in [0.25, 0.3) is 0 Å². The molecule has 0 spiro atoms. The summed E-state index contributed by atoms with van der Waals surface area (Å²) in [6.45, 7) is 9.57. The van der Waals surface area contributed by atoms with Crippen LogP contribution in [0, 0.1) is 13.8 Å². The number of aryl methyl sites for hydroxylation is 2. The number of guanidine groups is 1. The van der Waals surface area contributed by atoms with Crippen molar-refractivity contribution in [2.45, 2.75) is 32.9 Å². The molecule has 3 rings (SSSR count). The zero-order valence-electron chi connectivity index (χ0n) is 16.1. The van der Waals surface area contributed by atoms with Crippen molar-refractivity contribution in [2.75, 3.05) is 31.6 Å². The van der Waals surface area contributed by atoms with E-state index in [0.29, 0.717) is 12.5 Å². The van der Waals surface area contributed by atoms with Gasteiger partial charge in [0, 0.05) is 23.7 Å². The summed E-state index contributed by atoms with van der Waals surface area (Å²) in [6.07, 6.45) is 0.251. The first-order chi connectivity index (χ1) is 12.5. The molecule has 1 aromatic heterocycles. The van der Waals surface area contributed by atoms with Crippen LogP contribution < -0.4 is 11.1 Å². The van der Waals surface area contributed by atoms with Gasteiger partial charge >= 0.3 is 0 Å². The number of benzene rings is 1. The number of hydrogen-bond donors (Lipinski definition) is 2. The number of morpholine rings is 1. The fourth-order valence-electron chi connectivity index (χ4n) is 3.19. The Labute approximate surface area is 183 Å². The largest absolute Gasteiger partial charge is 0.376 e. The zero-order chi connectivity index (χ0) is 18.5. The number of aliphatic imine (C=N–C) groups is 1. The lowest BCUT2D eigenvalue weighted by atomic mass is 10.1. The van der Waals surface area contributed by atoms with Gasteiger partial charge in [-0.1, -0.05) is 12.1 Å². The Morgan fingerprint density at radius 1 is 1.37 bits per heavy atom. The van der Waals surface area contributed by atoms with Crippen LogP contribution in [0.2, 0.25) is 0 Å². The number of nitrogens with two attached hydrogens (primary N) is 1. The first-order valence-electron chi connectivity index (χ1n) is 9.06. The van der Waals surface area contributed by atoms with Crippen LogP contribution in [0.15, 0.2) is 40.7 Å². The zero-order valence-corrected chi connectivity index (χ0v) is 19.3. The van der Waals surface area contributed by atoms with Crippen molar-refractivity contribution >= 4 is 47.0 Å². The highest BCUT2D eigenvalue weighted by Crippen LogP contribution is 2.27. The molecule has 3 N–H and O–H groups in total. The second kappa shape index (κ2) is 10.4. The number of nitrogens with one attached hydrogen (secondary N) is 1. The first kappa shape index (κ1) is 22.1. The minimum atomic E-state index is 0. The van der Waals surface area contributed by atoms with E-state index >= 15 is 0 Å². The second-order valence-corrected chi connectivity index (χ2v) is 7.84. The van der Waals surface area contributed by atoms with Crippen LogP contribution in [0.5, 0.6) is 0 Å². The maximum Gasteiger partial charge on any atom is 0.193 e. The molecule has 2 unspecified atom stereocenters. The van der Waals surface area contributed by atoms with E-state index in [1.165, 1.54) is 16.0 Å². The molecule has 1 aliphatic rings. The monoisotopic (exact) mass is 500 g/mol. The van der Waals surface area contributed by atoms with Gasteiger partial charge in [-0.05, 0) is 55.5 Å². The van der Waals surface area contributed by atoms with Gasteiger partial charge in [0.1, 0.15) is 0 Å². The minimum absolute atomic E-state index is 0. The Kier molecular flexibility index (Phi) is 8.53. The van der Waals surface area contributed by atoms with Crippen molar-refractivity contribution in [1.29, 1.82) is 0 Å². The smallest absolute Gasteiger partial charge is 0.193 e. The van der Waals surface area contributed by atoms with Crippen molar-refractivity contribution < 1.29 is 4.74 Å². The Balaban J connectivity index is 0.00000261. The summed E-state index contributed by atoms with van der Waals surface area (Å²) in [5.74, 6) is 0.455. The molecule has 27 heavy (non-hydrogen) atoms. The second-order valence-electron chi connectivity index (χ2n) is 6.86. The molecule has 0 bridgehead atoms. The van der Waals surface area contributed by atoms with E-state index < -0.39 is 0 Å². The van der Waals surface area contributed by atoms with Crippen LogP contribution in [0.3, 0.4) is 0 Å². The van der Waals surface area contributed by atoms with Crippen molar-refractivity contribution in [1.82, 2.24) is 4.90 Å². The Morgan fingerprint density at radius 3 is 2.85 bits per heavy atom. The summed E-state index contributed by atoms with van der Waals surface area (Å²) < 4.78 is 5.69. The SMILES string of the molecule is Cc1ccc(NC(N)=NCC(c2cccs2)N2CCOC(C)C2)cc1C.I. The molecule has 1 aromatic carbocycles. The van der Waals surface area contributed by atoms with Gasteiger partial charge in [-0.15, -0.1) is 35.3 Å². The summed E-state index contributed by atoms with van der Waals surface area (Å²) >= 11 is 1.77. The predicted molar refractivity (Wildman–Crippen MR) is 125 cm³/mol. The molecule has 7 heteroatoms. The van der Waals surface area contributed by atoms with Crippen LogP contribution >= 0.6 is 35.3 Å². The molecule has 0 amide bonds. The summed E-state index contributed by atoms with van der Waals surface area (Å²) in [4.78, 5) is 8.41. The molecule has 0 saturated carbocycles. The van der Waals surface area contributed by atoms with Crippen LogP contribution in [-0.2, 0) is 4.74 Å². The first-order valence-corrected chi connectivity index (χ1v) is 9.94. The molecule has 1 saturated heterocycles. The van der Waals surface area contributed by atoms with E-state index in [0.717, 1.165) is 25.4 Å². The van der Waals surface area contributed by atoms with Gasteiger partial charge in [0.25, 0.3) is 0 Å². The fourth-order valence-corrected chi connectivity index (χ4v) is 4.04. The van der Waals surface area contributed by atoms with Crippen LogP contribution in [-0.4, -0.2) is 43.2 Å². The van der Waals surface area contributed by atoms with E-state index in [9.17, 15) is 0 Å². The molecule has 2 aromatic rings. The quantitative estimate of drug-likeness (QED) is 0.368. The van der Waals surface area contributed by atoms with E-state index in [2.05, 4.69) is 65.6 Å². The normalized spacial score (nSPS) is 19.4. The van der Waals surface area contributed by atoms with Gasteiger partial charge < -0.3 is 15.8 Å². The molecular formula is C20H29IN4OS. The van der Waals surface area contributed by atoms with Crippen molar-refractivity contribution in [3.05, 3.63) is 51.7 Å². The Morgan fingerprint density at radius 2 is 2.19 bits per heavy atom. The molecule has 148 valence electrons. The Bertz CT molecular complexity index is 750. The molecule has 1 fully saturated rings. The maximum atomic E-state index is 6.15. The topological polar surface area (TPSA) is 62.9 Å². The van der Waals surface area contributed by atoms with Gasteiger partial charge in [0.2, 0.25) is 0 Å². The molecule has 5 nitrogen and oxygen atoms in total. The van der Waals surface area contributed by atoms with E-state index in [-0.39, 0.29) is 36.1 Å². The van der Waals surface area contributed by atoms with Gasteiger partial charge in [-0.25, -0.2) is 0 Å². The minimum Gasteiger partial charge on any atom is -0.376 e. The lowest BCUT2D eigenvalue weighted by Crippen LogP contribution is -2.44. The highest BCUT2D eigenvalue weighted by Gasteiger charge is 2.26. The molecule has 0 aliphatic carbocycles. The maximum absolute atomic E-state index is 6.15. The highest BCUT2D eigenvalue weighted by atomic mass is 127. The van der Waals surface area contributed by atoms with Gasteiger partial charge in [-0.3, -0.25) is 9.89 Å². The lowest BCUT2D eigenvalue weighted by molar-refractivity contribution is -0.0327. The number of halogens is 1. The molecule has 2 heterocycles. The fraction of sp³-hybridized carbons (Fsp3) is 0.450. The standard InChI is InChI=1S/C20H28N4OS.HI/c1-14-6-7-17(11-15(14)2)23-20(21)22-12-18(19-5-4-10-26-19)24-8-9-25-16(3)13-24;/h4-7,10-11,16,18H,8-9,12-13H2,1-3H3,(H3,21,22,23);1H. The number of hydrogen-bond acceptors (Lipinski definition) is 4. The number of anilines is 1. The number of rotatable bonds is 5. The summed E-state index contributed by atoms with van der Waals surface area (Å²) in [5.41, 5.74) is 9.63. The van der Waals surface area contributed by atoms with Crippen molar-refractivity contribution in [2.24, 2.45) is 10.7 Å². The van der Waals surface area contributed by atoms with Crippen LogP contribution in [0.4, 0.5) is 5.69 Å². The summed E-state index contributed by atoms with van der Waals surface area (Å²) in [5, 5.41) is 5.33. The average molecular weight is 500 g/mol. The predicted octanol–water partition coefficient (Wildman–Crippen LogP) is 4.17. The molecule has 1 aliphatic heterocycles. The molecule has 2 atom stereocenters. The molecule has 0 radical (unpaired) electrons. The van der Waals surface area contributed by atoms with Crippen LogP contribution in [0.1, 0.15) is 29.0 Å². The third kappa shape index (κ3) is 6.17.